The van der Waals surface area contributed by atoms with Crippen LogP contribution in [0.4, 0.5) is 0 Å². The summed E-state index contributed by atoms with van der Waals surface area (Å²) in [6, 6.07) is 0. The zero-order chi connectivity index (χ0) is 9.94. The van der Waals surface area contributed by atoms with Gasteiger partial charge in [-0.15, -0.1) is 0 Å². The Morgan fingerprint density at radius 2 is 1.46 bits per heavy atom. The van der Waals surface area contributed by atoms with E-state index in [0.717, 1.165) is 12.3 Å². The molecule has 0 atom stereocenters. The second-order valence-corrected chi connectivity index (χ2v) is 4.20. The SMILES string of the molecule is CC(C)CCCCCCCC[C]=O. The van der Waals surface area contributed by atoms with Gasteiger partial charge < -0.3 is 0 Å². The molecule has 0 aliphatic rings. The molecule has 0 saturated carbocycles. The third kappa shape index (κ3) is 11.7. The highest BCUT2D eigenvalue weighted by Gasteiger charge is 1.94. The maximum absolute atomic E-state index is 9.89. The van der Waals surface area contributed by atoms with Gasteiger partial charge in [-0.3, -0.25) is 4.79 Å². The van der Waals surface area contributed by atoms with Crippen molar-refractivity contribution in [2.75, 3.05) is 0 Å². The molecular weight excluding hydrogens is 160 g/mol. The molecule has 0 saturated heterocycles. The minimum absolute atomic E-state index is 0.631. The second kappa shape index (κ2) is 9.76. The van der Waals surface area contributed by atoms with Gasteiger partial charge in [0.2, 0.25) is 0 Å². The molecule has 0 spiro atoms. The van der Waals surface area contributed by atoms with E-state index >= 15 is 0 Å². The predicted molar refractivity (Wildman–Crippen MR) is 57.5 cm³/mol. The van der Waals surface area contributed by atoms with E-state index in [-0.39, 0.29) is 0 Å². The van der Waals surface area contributed by atoms with Crippen LogP contribution in [0.15, 0.2) is 0 Å². The Hall–Kier alpha value is -0.330. The first kappa shape index (κ1) is 12.7. The van der Waals surface area contributed by atoms with E-state index in [0.29, 0.717) is 6.42 Å². The van der Waals surface area contributed by atoms with Crippen molar-refractivity contribution in [3.8, 4) is 0 Å². The Labute approximate surface area is 82.9 Å². The fraction of sp³-hybridized carbons (Fsp3) is 0.917. The fourth-order valence-electron chi connectivity index (χ4n) is 1.46. The van der Waals surface area contributed by atoms with Gasteiger partial charge in [0.1, 0.15) is 0 Å². The van der Waals surface area contributed by atoms with Crippen LogP contribution in [0.25, 0.3) is 0 Å². The molecule has 0 aliphatic carbocycles. The summed E-state index contributed by atoms with van der Waals surface area (Å²) >= 11 is 0. The largest absolute Gasteiger partial charge is 0.291 e. The summed E-state index contributed by atoms with van der Waals surface area (Å²) in [6.07, 6.45) is 11.5. The van der Waals surface area contributed by atoms with Gasteiger partial charge in [-0.1, -0.05) is 52.4 Å². The first-order valence-corrected chi connectivity index (χ1v) is 5.62. The molecule has 0 aromatic rings. The Balaban J connectivity index is 2.87. The van der Waals surface area contributed by atoms with E-state index in [1.165, 1.54) is 38.5 Å². The van der Waals surface area contributed by atoms with Gasteiger partial charge in [0.15, 0.2) is 6.29 Å². The lowest BCUT2D eigenvalue weighted by Gasteiger charge is -2.03. The predicted octanol–water partition coefficient (Wildman–Crippen LogP) is 3.87. The quantitative estimate of drug-likeness (QED) is 0.496. The summed E-state index contributed by atoms with van der Waals surface area (Å²) in [5.74, 6) is 0.852. The highest BCUT2D eigenvalue weighted by atomic mass is 16.1. The number of rotatable bonds is 9. The lowest BCUT2D eigenvalue weighted by molar-refractivity contribution is 0.509. The lowest BCUT2D eigenvalue weighted by Crippen LogP contribution is -1.87. The number of unbranched alkanes of at least 4 members (excludes halogenated alkanes) is 6. The van der Waals surface area contributed by atoms with E-state index < -0.39 is 0 Å². The summed E-state index contributed by atoms with van der Waals surface area (Å²) in [5.41, 5.74) is 0. The Bertz CT molecular complexity index is 108. The van der Waals surface area contributed by atoms with Crippen molar-refractivity contribution in [2.24, 2.45) is 5.92 Å². The summed E-state index contributed by atoms with van der Waals surface area (Å²) < 4.78 is 0. The normalized spacial score (nSPS) is 10.7. The van der Waals surface area contributed by atoms with Gasteiger partial charge in [0.05, 0.1) is 0 Å². The maximum atomic E-state index is 9.89. The van der Waals surface area contributed by atoms with Crippen LogP contribution in [0.5, 0.6) is 0 Å². The zero-order valence-electron chi connectivity index (χ0n) is 9.14. The molecule has 0 aromatic heterocycles. The van der Waals surface area contributed by atoms with Gasteiger partial charge in [-0.2, -0.15) is 0 Å². The maximum Gasteiger partial charge on any atom is 0.198 e. The second-order valence-electron chi connectivity index (χ2n) is 4.20. The van der Waals surface area contributed by atoms with E-state index in [9.17, 15) is 4.79 Å². The average Bonchev–Trinajstić information content (AvgIpc) is 2.09. The van der Waals surface area contributed by atoms with Crippen molar-refractivity contribution < 1.29 is 4.79 Å². The highest BCUT2D eigenvalue weighted by Crippen LogP contribution is 2.11. The molecule has 0 aliphatic heterocycles. The van der Waals surface area contributed by atoms with Crippen molar-refractivity contribution in [2.45, 2.75) is 65.2 Å². The molecule has 0 N–H and O–H groups in total. The van der Waals surface area contributed by atoms with Gasteiger partial charge in [-0.25, -0.2) is 0 Å². The molecule has 0 aromatic carbocycles. The third-order valence-electron chi connectivity index (χ3n) is 2.31. The highest BCUT2D eigenvalue weighted by molar-refractivity contribution is 5.50. The van der Waals surface area contributed by atoms with E-state index in [4.69, 9.17) is 0 Å². The van der Waals surface area contributed by atoms with E-state index in [1.807, 2.05) is 6.29 Å². The molecule has 0 bridgehead atoms. The lowest BCUT2D eigenvalue weighted by atomic mass is 10.0. The summed E-state index contributed by atoms with van der Waals surface area (Å²) in [6.45, 7) is 4.56. The van der Waals surface area contributed by atoms with Gasteiger partial charge >= 0.3 is 0 Å². The zero-order valence-corrected chi connectivity index (χ0v) is 9.14. The molecular formula is C12H23O. The topological polar surface area (TPSA) is 17.1 Å². The van der Waals surface area contributed by atoms with Crippen LogP contribution in [0, 0.1) is 5.92 Å². The number of hydrogen-bond acceptors (Lipinski definition) is 1. The van der Waals surface area contributed by atoms with Crippen molar-refractivity contribution in [1.29, 1.82) is 0 Å². The number of carbonyl (C=O) groups excluding carboxylic acids is 1. The smallest absolute Gasteiger partial charge is 0.198 e. The monoisotopic (exact) mass is 183 g/mol. The summed E-state index contributed by atoms with van der Waals surface area (Å²) in [4.78, 5) is 9.89. The van der Waals surface area contributed by atoms with Crippen molar-refractivity contribution in [1.82, 2.24) is 0 Å². The molecule has 1 heteroatoms. The summed E-state index contributed by atoms with van der Waals surface area (Å²) in [5, 5.41) is 0. The molecule has 1 nitrogen and oxygen atoms in total. The van der Waals surface area contributed by atoms with E-state index in [2.05, 4.69) is 13.8 Å². The van der Waals surface area contributed by atoms with E-state index in [1.54, 1.807) is 0 Å². The van der Waals surface area contributed by atoms with Crippen LogP contribution in [0.1, 0.15) is 65.2 Å². The van der Waals surface area contributed by atoms with Gasteiger partial charge in [0, 0.05) is 6.42 Å². The van der Waals surface area contributed by atoms with Gasteiger partial charge in [0.25, 0.3) is 0 Å². The summed E-state index contributed by atoms with van der Waals surface area (Å²) in [7, 11) is 0. The van der Waals surface area contributed by atoms with Crippen molar-refractivity contribution in [3.63, 3.8) is 0 Å². The average molecular weight is 183 g/mol. The minimum Gasteiger partial charge on any atom is -0.291 e. The van der Waals surface area contributed by atoms with Crippen molar-refractivity contribution in [3.05, 3.63) is 0 Å². The number of hydrogen-bond donors (Lipinski definition) is 0. The van der Waals surface area contributed by atoms with Gasteiger partial charge in [-0.05, 0) is 12.3 Å². The van der Waals surface area contributed by atoms with Crippen LogP contribution in [0.3, 0.4) is 0 Å². The Morgan fingerprint density at radius 1 is 0.923 bits per heavy atom. The molecule has 77 valence electrons. The molecule has 0 amide bonds. The first-order chi connectivity index (χ1) is 6.27. The fourth-order valence-corrected chi connectivity index (χ4v) is 1.46. The standard InChI is InChI=1S/C12H23O/c1-12(2)10-8-6-4-3-5-7-9-11-13/h12H,3-10H2,1-2H3. The Morgan fingerprint density at radius 3 is 2.00 bits per heavy atom. The van der Waals surface area contributed by atoms with Crippen LogP contribution in [-0.4, -0.2) is 6.29 Å². The van der Waals surface area contributed by atoms with Crippen LogP contribution >= 0.6 is 0 Å². The molecule has 13 heavy (non-hydrogen) atoms. The first-order valence-electron chi connectivity index (χ1n) is 5.62. The third-order valence-corrected chi connectivity index (χ3v) is 2.31. The minimum atomic E-state index is 0.631. The molecule has 0 unspecified atom stereocenters. The molecule has 0 rings (SSSR count). The molecule has 0 heterocycles. The molecule has 1 radical (unpaired) electrons. The van der Waals surface area contributed by atoms with Crippen LogP contribution in [-0.2, 0) is 4.79 Å². The van der Waals surface area contributed by atoms with Crippen molar-refractivity contribution >= 4 is 6.29 Å². The molecule has 0 fully saturated rings. The van der Waals surface area contributed by atoms with Crippen LogP contribution < -0.4 is 0 Å². The Kier molecular flexibility index (Phi) is 9.51. The van der Waals surface area contributed by atoms with Crippen LogP contribution in [0.2, 0.25) is 0 Å².